The third kappa shape index (κ3) is 3.60. The van der Waals surface area contributed by atoms with E-state index in [1.807, 2.05) is 30.3 Å². The van der Waals surface area contributed by atoms with Crippen molar-refractivity contribution in [2.75, 3.05) is 26.2 Å². The first-order valence-corrected chi connectivity index (χ1v) is 7.84. The van der Waals surface area contributed by atoms with E-state index in [4.69, 9.17) is 0 Å². The van der Waals surface area contributed by atoms with Gasteiger partial charge in [0.05, 0.1) is 0 Å². The Labute approximate surface area is 122 Å². The van der Waals surface area contributed by atoms with Crippen molar-refractivity contribution in [3.63, 3.8) is 0 Å². The van der Waals surface area contributed by atoms with Crippen molar-refractivity contribution >= 4 is 5.91 Å². The zero-order valence-electron chi connectivity index (χ0n) is 12.7. The highest BCUT2D eigenvalue weighted by Gasteiger charge is 2.30. The number of benzene rings is 1. The minimum atomic E-state index is 0.195. The molecule has 2 rings (SSSR count). The van der Waals surface area contributed by atoms with Gasteiger partial charge in [-0.05, 0) is 44.5 Å². The third-order valence-corrected chi connectivity index (χ3v) is 4.11. The van der Waals surface area contributed by atoms with Gasteiger partial charge in [-0.2, -0.15) is 0 Å². The monoisotopic (exact) mass is 274 g/mol. The SMILES string of the molecule is CCCN(CC)CC1CCCN1C(=O)c1ccccc1. The van der Waals surface area contributed by atoms with E-state index in [9.17, 15) is 4.79 Å². The summed E-state index contributed by atoms with van der Waals surface area (Å²) in [6.45, 7) is 8.53. The van der Waals surface area contributed by atoms with Gasteiger partial charge in [0.25, 0.3) is 5.91 Å². The Morgan fingerprint density at radius 2 is 2.05 bits per heavy atom. The number of likely N-dealkylation sites (tertiary alicyclic amines) is 1. The molecule has 1 aliphatic rings. The quantitative estimate of drug-likeness (QED) is 0.796. The topological polar surface area (TPSA) is 23.6 Å². The molecule has 20 heavy (non-hydrogen) atoms. The molecule has 0 N–H and O–H groups in total. The molecule has 0 radical (unpaired) electrons. The molecular formula is C17H26N2O. The molecule has 1 heterocycles. The summed E-state index contributed by atoms with van der Waals surface area (Å²) < 4.78 is 0. The van der Waals surface area contributed by atoms with Crippen LogP contribution in [0.25, 0.3) is 0 Å². The van der Waals surface area contributed by atoms with Gasteiger partial charge < -0.3 is 9.80 Å². The maximum Gasteiger partial charge on any atom is 0.254 e. The maximum atomic E-state index is 12.6. The Morgan fingerprint density at radius 1 is 1.30 bits per heavy atom. The van der Waals surface area contributed by atoms with E-state index in [0.717, 1.165) is 44.6 Å². The number of hydrogen-bond donors (Lipinski definition) is 0. The number of rotatable bonds is 6. The zero-order chi connectivity index (χ0) is 14.4. The van der Waals surface area contributed by atoms with E-state index >= 15 is 0 Å². The van der Waals surface area contributed by atoms with Gasteiger partial charge in [-0.15, -0.1) is 0 Å². The highest BCUT2D eigenvalue weighted by atomic mass is 16.2. The molecule has 0 saturated carbocycles. The van der Waals surface area contributed by atoms with Crippen molar-refractivity contribution in [1.82, 2.24) is 9.80 Å². The highest BCUT2D eigenvalue weighted by Crippen LogP contribution is 2.21. The molecule has 1 unspecified atom stereocenters. The number of carbonyl (C=O) groups is 1. The number of hydrogen-bond acceptors (Lipinski definition) is 2. The summed E-state index contributed by atoms with van der Waals surface area (Å²) in [5.41, 5.74) is 0.818. The highest BCUT2D eigenvalue weighted by molar-refractivity contribution is 5.94. The molecular weight excluding hydrogens is 248 g/mol. The van der Waals surface area contributed by atoms with E-state index in [1.165, 1.54) is 6.42 Å². The summed E-state index contributed by atoms with van der Waals surface area (Å²) >= 11 is 0. The molecule has 110 valence electrons. The molecule has 0 aliphatic carbocycles. The van der Waals surface area contributed by atoms with Crippen LogP contribution in [0.1, 0.15) is 43.5 Å². The van der Waals surface area contributed by atoms with Gasteiger partial charge in [-0.3, -0.25) is 4.79 Å². The van der Waals surface area contributed by atoms with E-state index in [-0.39, 0.29) is 5.91 Å². The molecule has 3 heteroatoms. The molecule has 1 atom stereocenters. The molecule has 1 aliphatic heterocycles. The van der Waals surface area contributed by atoms with Crippen LogP contribution in [0.3, 0.4) is 0 Å². The van der Waals surface area contributed by atoms with Crippen molar-refractivity contribution in [2.45, 2.75) is 39.2 Å². The van der Waals surface area contributed by atoms with Crippen LogP contribution in [0, 0.1) is 0 Å². The smallest absolute Gasteiger partial charge is 0.254 e. The van der Waals surface area contributed by atoms with Crippen molar-refractivity contribution in [3.05, 3.63) is 35.9 Å². The van der Waals surface area contributed by atoms with Crippen LogP contribution in [-0.2, 0) is 0 Å². The predicted octanol–water partition coefficient (Wildman–Crippen LogP) is 3.02. The number of nitrogens with zero attached hydrogens (tertiary/aromatic N) is 2. The van der Waals surface area contributed by atoms with Gasteiger partial charge in [-0.25, -0.2) is 0 Å². The molecule has 1 amide bonds. The maximum absolute atomic E-state index is 12.6. The van der Waals surface area contributed by atoms with Crippen molar-refractivity contribution in [3.8, 4) is 0 Å². The third-order valence-electron chi connectivity index (χ3n) is 4.11. The Balaban J connectivity index is 2.01. The minimum Gasteiger partial charge on any atom is -0.334 e. The van der Waals surface area contributed by atoms with E-state index in [1.54, 1.807) is 0 Å². The largest absolute Gasteiger partial charge is 0.334 e. The first kappa shape index (κ1) is 15.0. The normalized spacial score (nSPS) is 18.8. The van der Waals surface area contributed by atoms with Crippen LogP contribution in [-0.4, -0.2) is 47.9 Å². The second kappa shape index (κ2) is 7.44. The lowest BCUT2D eigenvalue weighted by Gasteiger charge is -2.30. The van der Waals surface area contributed by atoms with Crippen LogP contribution in [0.4, 0.5) is 0 Å². The minimum absolute atomic E-state index is 0.195. The second-order valence-corrected chi connectivity index (χ2v) is 5.55. The van der Waals surface area contributed by atoms with Crippen molar-refractivity contribution in [1.29, 1.82) is 0 Å². The predicted molar refractivity (Wildman–Crippen MR) is 82.9 cm³/mol. The second-order valence-electron chi connectivity index (χ2n) is 5.55. The zero-order valence-corrected chi connectivity index (χ0v) is 12.7. The summed E-state index contributed by atoms with van der Waals surface area (Å²) in [6.07, 6.45) is 3.44. The van der Waals surface area contributed by atoms with Gasteiger partial charge in [-0.1, -0.05) is 32.0 Å². The first-order valence-electron chi connectivity index (χ1n) is 7.84. The van der Waals surface area contributed by atoms with Crippen LogP contribution in [0.2, 0.25) is 0 Å². The van der Waals surface area contributed by atoms with Crippen molar-refractivity contribution < 1.29 is 4.79 Å². The van der Waals surface area contributed by atoms with Gasteiger partial charge in [0.2, 0.25) is 0 Å². The average Bonchev–Trinajstić information content (AvgIpc) is 2.95. The standard InChI is InChI=1S/C17H26N2O/c1-3-12-18(4-2)14-16-11-8-13-19(16)17(20)15-9-6-5-7-10-15/h5-7,9-10,16H,3-4,8,11-14H2,1-2H3. The van der Waals surface area contributed by atoms with Crippen LogP contribution < -0.4 is 0 Å². The van der Waals surface area contributed by atoms with Crippen molar-refractivity contribution in [2.24, 2.45) is 0 Å². The molecule has 1 saturated heterocycles. The van der Waals surface area contributed by atoms with E-state index < -0.39 is 0 Å². The van der Waals surface area contributed by atoms with Crippen LogP contribution in [0.15, 0.2) is 30.3 Å². The molecule has 1 fully saturated rings. The number of likely N-dealkylation sites (N-methyl/N-ethyl adjacent to an activating group) is 1. The molecule has 0 bridgehead atoms. The van der Waals surface area contributed by atoms with Gasteiger partial charge in [0, 0.05) is 24.7 Å². The summed E-state index contributed by atoms with van der Waals surface area (Å²) in [5.74, 6) is 0.195. The summed E-state index contributed by atoms with van der Waals surface area (Å²) in [5, 5.41) is 0. The fourth-order valence-corrected chi connectivity index (χ4v) is 3.03. The molecule has 0 aromatic heterocycles. The lowest BCUT2D eigenvalue weighted by molar-refractivity contribution is 0.0702. The lowest BCUT2D eigenvalue weighted by atomic mass is 10.1. The van der Waals surface area contributed by atoms with Crippen LogP contribution >= 0.6 is 0 Å². The summed E-state index contributed by atoms with van der Waals surface area (Å²) in [6, 6.07) is 10.1. The molecule has 1 aromatic rings. The fraction of sp³-hybridized carbons (Fsp3) is 0.588. The Kier molecular flexibility index (Phi) is 5.60. The summed E-state index contributed by atoms with van der Waals surface area (Å²) in [7, 11) is 0. The van der Waals surface area contributed by atoms with Gasteiger partial charge in [0.1, 0.15) is 0 Å². The summed E-state index contributed by atoms with van der Waals surface area (Å²) in [4.78, 5) is 17.1. The van der Waals surface area contributed by atoms with Gasteiger partial charge in [0.15, 0.2) is 0 Å². The Hall–Kier alpha value is -1.35. The van der Waals surface area contributed by atoms with E-state index in [0.29, 0.717) is 6.04 Å². The van der Waals surface area contributed by atoms with Crippen LogP contribution in [0.5, 0.6) is 0 Å². The number of carbonyl (C=O) groups excluding carboxylic acids is 1. The first-order chi connectivity index (χ1) is 9.76. The fourth-order valence-electron chi connectivity index (χ4n) is 3.03. The molecule has 1 aromatic carbocycles. The lowest BCUT2D eigenvalue weighted by Crippen LogP contribution is -2.43. The molecule has 3 nitrogen and oxygen atoms in total. The Morgan fingerprint density at radius 3 is 2.70 bits per heavy atom. The van der Waals surface area contributed by atoms with Gasteiger partial charge >= 0.3 is 0 Å². The Bertz CT molecular complexity index is 418. The molecule has 0 spiro atoms. The van der Waals surface area contributed by atoms with E-state index in [2.05, 4.69) is 23.6 Å². The average molecular weight is 274 g/mol. The number of amides is 1.